The van der Waals surface area contributed by atoms with Crippen LogP contribution < -0.4 is 10.0 Å². The summed E-state index contributed by atoms with van der Waals surface area (Å²) in [5.74, 6) is 0. The van der Waals surface area contributed by atoms with E-state index >= 15 is 0 Å². The lowest BCUT2D eigenvalue weighted by atomic mass is 10.3. The Labute approximate surface area is 110 Å². The fraction of sp³-hybridized carbons (Fsp3) is 1.00. The van der Waals surface area contributed by atoms with Crippen LogP contribution in [0.1, 0.15) is 13.8 Å². The first-order chi connectivity index (χ1) is 7.45. The molecular weight excluding hydrogens is 266 g/mol. The highest BCUT2D eigenvalue weighted by Gasteiger charge is 2.30. The van der Waals surface area contributed by atoms with Gasteiger partial charge in [-0.15, -0.1) is 12.4 Å². The van der Waals surface area contributed by atoms with Gasteiger partial charge in [0.25, 0.3) is 10.2 Å². The van der Waals surface area contributed by atoms with Crippen molar-refractivity contribution in [1.82, 2.24) is 14.3 Å². The van der Waals surface area contributed by atoms with E-state index in [0.717, 1.165) is 0 Å². The Bertz CT molecular complexity index is 303. The molecule has 1 saturated heterocycles. The molecule has 0 spiro atoms. The highest BCUT2D eigenvalue weighted by atomic mass is 35.5. The van der Waals surface area contributed by atoms with Crippen LogP contribution in [0.25, 0.3) is 0 Å². The van der Waals surface area contributed by atoms with Crippen LogP contribution in [0.3, 0.4) is 0 Å². The van der Waals surface area contributed by atoms with Crippen molar-refractivity contribution in [3.63, 3.8) is 0 Å². The first-order valence-electron chi connectivity index (χ1n) is 5.50. The van der Waals surface area contributed by atoms with Gasteiger partial charge in [0.15, 0.2) is 0 Å². The van der Waals surface area contributed by atoms with Gasteiger partial charge in [0.2, 0.25) is 0 Å². The number of rotatable bonds is 5. The first-order valence-corrected chi connectivity index (χ1v) is 6.94. The van der Waals surface area contributed by atoms with Gasteiger partial charge in [-0.05, 0) is 20.9 Å². The smallest absolute Gasteiger partial charge is 0.279 e. The van der Waals surface area contributed by atoms with Crippen molar-refractivity contribution >= 4 is 22.6 Å². The summed E-state index contributed by atoms with van der Waals surface area (Å²) >= 11 is 0. The van der Waals surface area contributed by atoms with Gasteiger partial charge in [-0.25, -0.2) is 4.72 Å². The van der Waals surface area contributed by atoms with E-state index in [-0.39, 0.29) is 24.6 Å². The molecule has 0 aliphatic carbocycles. The van der Waals surface area contributed by atoms with Crippen LogP contribution in [-0.2, 0) is 14.9 Å². The Morgan fingerprint density at radius 1 is 1.24 bits per heavy atom. The van der Waals surface area contributed by atoms with Crippen molar-refractivity contribution < 1.29 is 13.2 Å². The maximum absolute atomic E-state index is 11.9. The number of nitrogens with zero attached hydrogens (tertiary/aromatic N) is 1. The molecule has 1 rings (SSSR count). The Hall–Kier alpha value is 0.0800. The lowest BCUT2D eigenvalue weighted by Gasteiger charge is -2.34. The van der Waals surface area contributed by atoms with Gasteiger partial charge in [0.1, 0.15) is 0 Å². The predicted molar refractivity (Wildman–Crippen MR) is 69.7 cm³/mol. The second-order valence-electron chi connectivity index (χ2n) is 4.08. The molecule has 0 aromatic heterocycles. The zero-order chi connectivity index (χ0) is 12.2. The largest absolute Gasteiger partial charge is 0.373 e. The molecule has 1 fully saturated rings. The zero-order valence-electron chi connectivity index (χ0n) is 10.5. The van der Waals surface area contributed by atoms with E-state index in [1.165, 1.54) is 4.31 Å². The Balaban J connectivity index is 0.00000256. The second-order valence-corrected chi connectivity index (χ2v) is 5.83. The molecule has 1 aliphatic heterocycles. The van der Waals surface area contributed by atoms with Crippen molar-refractivity contribution in [2.75, 3.05) is 33.2 Å². The average molecular weight is 288 g/mol. The van der Waals surface area contributed by atoms with E-state index in [2.05, 4.69) is 10.0 Å². The minimum absolute atomic E-state index is 0. The molecule has 1 aliphatic rings. The van der Waals surface area contributed by atoms with Gasteiger partial charge in [0, 0.05) is 26.2 Å². The van der Waals surface area contributed by atoms with Crippen LogP contribution in [0.4, 0.5) is 0 Å². The number of morpholine rings is 1. The summed E-state index contributed by atoms with van der Waals surface area (Å²) in [6, 6.07) is 0. The first kappa shape index (κ1) is 17.1. The summed E-state index contributed by atoms with van der Waals surface area (Å²) in [4.78, 5) is 0. The van der Waals surface area contributed by atoms with Crippen molar-refractivity contribution in [3.8, 4) is 0 Å². The Morgan fingerprint density at radius 2 is 1.76 bits per heavy atom. The van der Waals surface area contributed by atoms with E-state index in [1.807, 2.05) is 13.8 Å². The van der Waals surface area contributed by atoms with Crippen molar-refractivity contribution in [1.29, 1.82) is 0 Å². The maximum Gasteiger partial charge on any atom is 0.279 e. The standard InChI is InChI=1S/C9H21N3O3S.ClH/c1-8-6-12(7-9(2)15-8)16(13,14)11-5-4-10-3;/h8-11H,4-7H2,1-3H3;1H. The molecule has 0 amide bonds. The molecule has 1 heterocycles. The van der Waals surface area contributed by atoms with E-state index in [0.29, 0.717) is 26.2 Å². The zero-order valence-corrected chi connectivity index (χ0v) is 12.1. The van der Waals surface area contributed by atoms with E-state index in [4.69, 9.17) is 4.74 Å². The highest BCUT2D eigenvalue weighted by Crippen LogP contribution is 2.13. The quantitative estimate of drug-likeness (QED) is 0.673. The number of likely N-dealkylation sites (N-methyl/N-ethyl adjacent to an activating group) is 1. The van der Waals surface area contributed by atoms with Crippen LogP contribution in [0.5, 0.6) is 0 Å². The van der Waals surface area contributed by atoms with Crippen LogP contribution in [0.2, 0.25) is 0 Å². The summed E-state index contributed by atoms with van der Waals surface area (Å²) in [5, 5.41) is 2.89. The molecule has 0 radical (unpaired) electrons. The molecule has 2 N–H and O–H groups in total. The Kier molecular flexibility index (Phi) is 7.54. The third-order valence-electron chi connectivity index (χ3n) is 2.39. The van der Waals surface area contributed by atoms with Gasteiger partial charge >= 0.3 is 0 Å². The van der Waals surface area contributed by atoms with E-state index in [1.54, 1.807) is 7.05 Å². The summed E-state index contributed by atoms with van der Waals surface area (Å²) in [6.07, 6.45) is -0.103. The number of hydrogen-bond acceptors (Lipinski definition) is 4. The summed E-state index contributed by atoms with van der Waals surface area (Å²) in [7, 11) is -1.57. The lowest BCUT2D eigenvalue weighted by Crippen LogP contribution is -2.52. The summed E-state index contributed by atoms with van der Waals surface area (Å²) < 4.78 is 33.3. The van der Waals surface area contributed by atoms with E-state index in [9.17, 15) is 8.42 Å². The molecule has 2 unspecified atom stereocenters. The normalized spacial score (nSPS) is 26.5. The molecule has 6 nitrogen and oxygen atoms in total. The number of nitrogens with one attached hydrogen (secondary N) is 2. The third kappa shape index (κ3) is 5.50. The molecule has 0 bridgehead atoms. The van der Waals surface area contributed by atoms with Gasteiger partial charge < -0.3 is 10.1 Å². The highest BCUT2D eigenvalue weighted by molar-refractivity contribution is 7.87. The minimum atomic E-state index is -3.36. The monoisotopic (exact) mass is 287 g/mol. The molecule has 0 saturated carbocycles. The van der Waals surface area contributed by atoms with Gasteiger partial charge in [-0.2, -0.15) is 12.7 Å². The summed E-state index contributed by atoms with van der Waals surface area (Å²) in [5.41, 5.74) is 0. The van der Waals surface area contributed by atoms with Crippen LogP contribution in [0, 0.1) is 0 Å². The van der Waals surface area contributed by atoms with Crippen LogP contribution in [-0.4, -0.2) is 58.2 Å². The lowest BCUT2D eigenvalue weighted by molar-refractivity contribution is -0.0443. The third-order valence-corrected chi connectivity index (χ3v) is 3.93. The predicted octanol–water partition coefficient (Wildman–Crippen LogP) is -0.429. The van der Waals surface area contributed by atoms with Crippen molar-refractivity contribution in [3.05, 3.63) is 0 Å². The fourth-order valence-electron chi connectivity index (χ4n) is 1.72. The number of hydrogen-bond donors (Lipinski definition) is 2. The van der Waals surface area contributed by atoms with Crippen LogP contribution >= 0.6 is 12.4 Å². The number of ether oxygens (including phenoxy) is 1. The maximum atomic E-state index is 11.9. The average Bonchev–Trinajstić information content (AvgIpc) is 2.16. The van der Waals surface area contributed by atoms with Gasteiger partial charge in [-0.1, -0.05) is 0 Å². The minimum Gasteiger partial charge on any atom is -0.373 e. The van der Waals surface area contributed by atoms with Gasteiger partial charge in [-0.3, -0.25) is 0 Å². The summed E-state index contributed by atoms with van der Waals surface area (Å²) in [6.45, 7) is 5.61. The number of halogens is 1. The molecular formula is C9H22ClN3O3S. The second kappa shape index (κ2) is 7.50. The van der Waals surface area contributed by atoms with Crippen LogP contribution in [0.15, 0.2) is 0 Å². The molecule has 17 heavy (non-hydrogen) atoms. The van der Waals surface area contributed by atoms with Gasteiger partial charge in [0.05, 0.1) is 12.2 Å². The molecule has 8 heteroatoms. The topological polar surface area (TPSA) is 70.7 Å². The fourth-order valence-corrected chi connectivity index (χ4v) is 3.08. The molecule has 104 valence electrons. The van der Waals surface area contributed by atoms with Crippen molar-refractivity contribution in [2.45, 2.75) is 26.1 Å². The van der Waals surface area contributed by atoms with Crippen molar-refractivity contribution in [2.24, 2.45) is 0 Å². The molecule has 0 aromatic carbocycles. The SMILES string of the molecule is CNCCNS(=O)(=O)N1CC(C)OC(C)C1.Cl. The Morgan fingerprint density at radius 3 is 2.24 bits per heavy atom. The molecule has 2 atom stereocenters. The van der Waals surface area contributed by atoms with E-state index < -0.39 is 10.2 Å². The molecule has 0 aromatic rings.